The molecule has 1 aromatic heterocycles. The van der Waals surface area contributed by atoms with E-state index in [1.807, 2.05) is 6.20 Å². The van der Waals surface area contributed by atoms with Crippen LogP contribution in [-0.2, 0) is 13.1 Å². The smallest absolute Gasteiger partial charge is 0.0457 e. The number of hydrogen-bond donors (Lipinski definition) is 2. The van der Waals surface area contributed by atoms with Crippen molar-refractivity contribution in [3.8, 4) is 0 Å². The second-order valence-electron chi connectivity index (χ2n) is 7.95. The molecule has 2 aliphatic heterocycles. The van der Waals surface area contributed by atoms with Gasteiger partial charge in [-0.2, -0.15) is 0 Å². The molecule has 0 amide bonds. The second kappa shape index (κ2) is 6.90. The summed E-state index contributed by atoms with van der Waals surface area (Å²) in [6, 6.07) is 21.9. The number of aromatic nitrogens is 1. The van der Waals surface area contributed by atoms with Crippen LogP contribution in [0.2, 0.25) is 0 Å². The van der Waals surface area contributed by atoms with E-state index in [2.05, 4.69) is 69.8 Å². The number of benzene rings is 2. The molecule has 0 aliphatic carbocycles. The summed E-state index contributed by atoms with van der Waals surface area (Å²) in [6.07, 6.45) is 7.33. The molecule has 2 aliphatic rings. The second-order valence-corrected chi connectivity index (χ2v) is 7.95. The molecule has 0 saturated carbocycles. The molecule has 2 fully saturated rings. The Hall–Kier alpha value is -2.10. The average molecular weight is 345 g/mol. The lowest BCUT2D eigenvalue weighted by Crippen LogP contribution is -2.48. The van der Waals surface area contributed by atoms with Gasteiger partial charge in [-0.15, -0.1) is 0 Å². The Balaban J connectivity index is 1.23. The fourth-order valence-electron chi connectivity index (χ4n) is 5.05. The van der Waals surface area contributed by atoms with Gasteiger partial charge in [0.15, 0.2) is 0 Å². The number of rotatable bonds is 5. The third-order valence-corrected chi connectivity index (χ3v) is 6.36. The maximum atomic E-state index is 3.86. The van der Waals surface area contributed by atoms with Crippen LogP contribution in [0.4, 0.5) is 0 Å². The number of nitrogens with zero attached hydrogens (tertiary/aromatic N) is 1. The molecular formula is C23H27N3. The molecule has 2 unspecified atom stereocenters. The lowest BCUT2D eigenvalue weighted by atomic mass is 9.96. The summed E-state index contributed by atoms with van der Waals surface area (Å²) < 4.78 is 0. The van der Waals surface area contributed by atoms with Crippen molar-refractivity contribution in [1.29, 1.82) is 0 Å². The van der Waals surface area contributed by atoms with E-state index >= 15 is 0 Å². The van der Waals surface area contributed by atoms with Gasteiger partial charge in [-0.1, -0.05) is 42.5 Å². The van der Waals surface area contributed by atoms with Crippen LogP contribution >= 0.6 is 0 Å². The van der Waals surface area contributed by atoms with Crippen LogP contribution in [0.5, 0.6) is 0 Å². The van der Waals surface area contributed by atoms with Crippen LogP contribution in [-0.4, -0.2) is 28.0 Å². The van der Waals surface area contributed by atoms with Crippen molar-refractivity contribution >= 4 is 10.9 Å². The van der Waals surface area contributed by atoms with Gasteiger partial charge in [0.25, 0.3) is 0 Å². The Labute approximate surface area is 155 Å². The zero-order valence-electron chi connectivity index (χ0n) is 15.2. The highest BCUT2D eigenvalue weighted by molar-refractivity contribution is 5.82. The minimum absolute atomic E-state index is 0.647. The molecule has 5 rings (SSSR count). The highest BCUT2D eigenvalue weighted by Gasteiger charge is 2.40. The topological polar surface area (TPSA) is 31.1 Å². The van der Waals surface area contributed by atoms with Gasteiger partial charge in [-0.05, 0) is 48.9 Å². The zero-order valence-corrected chi connectivity index (χ0v) is 15.2. The fraction of sp³-hybridized carbons (Fsp3) is 0.391. The number of aromatic amines is 1. The first-order valence-electron chi connectivity index (χ1n) is 9.95. The monoisotopic (exact) mass is 345 g/mol. The van der Waals surface area contributed by atoms with Crippen molar-refractivity contribution < 1.29 is 0 Å². The van der Waals surface area contributed by atoms with Crippen LogP contribution in [0.15, 0.2) is 60.8 Å². The maximum Gasteiger partial charge on any atom is 0.0457 e. The Bertz CT molecular complexity index is 855. The largest absolute Gasteiger partial charge is 0.361 e. The van der Waals surface area contributed by atoms with Crippen LogP contribution < -0.4 is 5.32 Å². The highest BCUT2D eigenvalue weighted by Crippen LogP contribution is 2.37. The fourth-order valence-corrected chi connectivity index (χ4v) is 5.05. The molecular weight excluding hydrogens is 318 g/mol. The lowest BCUT2D eigenvalue weighted by molar-refractivity contribution is 0.109. The molecule has 3 heterocycles. The van der Waals surface area contributed by atoms with E-state index in [0.29, 0.717) is 6.04 Å². The summed E-state index contributed by atoms with van der Waals surface area (Å²) in [5.41, 5.74) is 4.10. The number of piperidine rings is 1. The van der Waals surface area contributed by atoms with E-state index in [9.17, 15) is 0 Å². The number of nitrogens with one attached hydrogen (secondary N) is 2. The molecule has 26 heavy (non-hydrogen) atoms. The number of fused-ring (bicyclic) bond motifs is 3. The lowest BCUT2D eigenvalue weighted by Gasteiger charge is -2.39. The molecule has 2 bridgehead atoms. The number of H-pyrrole nitrogens is 1. The summed E-state index contributed by atoms with van der Waals surface area (Å²) in [7, 11) is 0. The van der Waals surface area contributed by atoms with Crippen LogP contribution in [0.25, 0.3) is 10.9 Å². The van der Waals surface area contributed by atoms with Crippen molar-refractivity contribution in [1.82, 2.24) is 15.2 Å². The normalized spacial score (nSPS) is 25.8. The summed E-state index contributed by atoms with van der Waals surface area (Å²) in [5, 5.41) is 5.22. The van der Waals surface area contributed by atoms with Crippen LogP contribution in [0, 0.1) is 0 Å². The van der Waals surface area contributed by atoms with Gasteiger partial charge < -0.3 is 10.3 Å². The van der Waals surface area contributed by atoms with Crippen molar-refractivity contribution in [2.45, 2.75) is 56.9 Å². The Morgan fingerprint density at radius 2 is 1.73 bits per heavy atom. The zero-order chi connectivity index (χ0) is 17.3. The molecule has 2 aromatic carbocycles. The van der Waals surface area contributed by atoms with E-state index < -0.39 is 0 Å². The van der Waals surface area contributed by atoms with E-state index in [4.69, 9.17) is 0 Å². The van der Waals surface area contributed by atoms with Crippen LogP contribution in [0.3, 0.4) is 0 Å². The van der Waals surface area contributed by atoms with Gasteiger partial charge in [0.05, 0.1) is 0 Å². The van der Waals surface area contributed by atoms with E-state index in [1.54, 1.807) is 0 Å². The molecule has 0 spiro atoms. The Kier molecular flexibility index (Phi) is 4.27. The summed E-state index contributed by atoms with van der Waals surface area (Å²) >= 11 is 0. The standard InChI is InChI=1S/C23H27N3/c1-2-5-17(6-3-1)16-26-20-9-10-21(26)14-19(13-20)25-15-18-7-4-8-23-22(18)11-12-24-23/h1-8,11-12,19-21,24-25H,9-10,13-16H2. The SMILES string of the molecule is c1ccc(CN2C3CCC2CC(NCc2cccc4[nH]ccc24)C3)cc1. The van der Waals surface area contributed by atoms with Gasteiger partial charge >= 0.3 is 0 Å². The molecule has 2 N–H and O–H groups in total. The molecule has 0 radical (unpaired) electrons. The first-order chi connectivity index (χ1) is 12.9. The predicted molar refractivity (Wildman–Crippen MR) is 107 cm³/mol. The van der Waals surface area contributed by atoms with E-state index in [0.717, 1.165) is 25.2 Å². The van der Waals surface area contributed by atoms with Crippen molar-refractivity contribution in [2.75, 3.05) is 0 Å². The maximum absolute atomic E-state index is 3.86. The third kappa shape index (κ3) is 3.06. The Morgan fingerprint density at radius 1 is 0.923 bits per heavy atom. The summed E-state index contributed by atoms with van der Waals surface area (Å²) in [4.78, 5) is 6.08. The molecule has 2 atom stereocenters. The Morgan fingerprint density at radius 3 is 2.54 bits per heavy atom. The average Bonchev–Trinajstić information content (AvgIpc) is 3.23. The van der Waals surface area contributed by atoms with Crippen molar-refractivity contribution in [2.24, 2.45) is 0 Å². The van der Waals surface area contributed by atoms with E-state index in [-0.39, 0.29) is 0 Å². The highest BCUT2D eigenvalue weighted by atomic mass is 15.2. The van der Waals surface area contributed by atoms with Gasteiger partial charge in [0, 0.05) is 48.3 Å². The first kappa shape index (κ1) is 16.1. The van der Waals surface area contributed by atoms with Gasteiger partial charge in [-0.25, -0.2) is 0 Å². The van der Waals surface area contributed by atoms with E-state index in [1.165, 1.54) is 47.7 Å². The molecule has 134 valence electrons. The summed E-state index contributed by atoms with van der Waals surface area (Å²) in [6.45, 7) is 2.09. The number of hydrogen-bond acceptors (Lipinski definition) is 2. The minimum Gasteiger partial charge on any atom is -0.361 e. The molecule has 2 saturated heterocycles. The van der Waals surface area contributed by atoms with Crippen molar-refractivity contribution in [3.63, 3.8) is 0 Å². The van der Waals surface area contributed by atoms with Gasteiger partial charge in [0.2, 0.25) is 0 Å². The van der Waals surface area contributed by atoms with Crippen molar-refractivity contribution in [3.05, 3.63) is 71.9 Å². The van der Waals surface area contributed by atoms with Crippen LogP contribution in [0.1, 0.15) is 36.8 Å². The quantitative estimate of drug-likeness (QED) is 0.716. The minimum atomic E-state index is 0.647. The van der Waals surface area contributed by atoms with Gasteiger partial charge in [-0.3, -0.25) is 4.90 Å². The molecule has 3 aromatic rings. The summed E-state index contributed by atoms with van der Waals surface area (Å²) in [5.74, 6) is 0. The van der Waals surface area contributed by atoms with Gasteiger partial charge in [0.1, 0.15) is 0 Å². The predicted octanol–water partition coefficient (Wildman–Crippen LogP) is 4.45. The first-order valence-corrected chi connectivity index (χ1v) is 9.95. The molecule has 3 nitrogen and oxygen atoms in total. The third-order valence-electron chi connectivity index (χ3n) is 6.36. The molecule has 3 heteroatoms.